The number of halogens is 1. The van der Waals surface area contributed by atoms with Gasteiger partial charge in [0.15, 0.2) is 0 Å². The minimum atomic E-state index is -0.441. The summed E-state index contributed by atoms with van der Waals surface area (Å²) in [5.41, 5.74) is 8.52. The number of carbonyl (C=O) groups excluding carboxylic acids is 1. The van der Waals surface area contributed by atoms with Crippen molar-refractivity contribution in [2.45, 2.75) is 6.92 Å². The third-order valence-corrected chi connectivity index (χ3v) is 2.91. The van der Waals surface area contributed by atoms with E-state index in [0.717, 1.165) is 0 Å². The molecule has 0 unspecified atom stereocenters. The van der Waals surface area contributed by atoms with Crippen molar-refractivity contribution in [2.75, 3.05) is 18.2 Å². The SMILES string of the molecule is COC(=O)c1ccc(N)c(Nc2ccc(F)c(C)c2)c1. The molecule has 0 heterocycles. The monoisotopic (exact) mass is 274 g/mol. The topological polar surface area (TPSA) is 64.3 Å². The van der Waals surface area contributed by atoms with Gasteiger partial charge in [-0.3, -0.25) is 0 Å². The van der Waals surface area contributed by atoms with Gasteiger partial charge in [-0.25, -0.2) is 9.18 Å². The second-order valence-electron chi connectivity index (χ2n) is 4.38. The largest absolute Gasteiger partial charge is 0.465 e. The van der Waals surface area contributed by atoms with Crippen LogP contribution in [0, 0.1) is 12.7 Å². The smallest absolute Gasteiger partial charge is 0.337 e. The highest BCUT2D eigenvalue weighted by atomic mass is 19.1. The van der Waals surface area contributed by atoms with Crippen molar-refractivity contribution in [1.82, 2.24) is 0 Å². The average molecular weight is 274 g/mol. The minimum Gasteiger partial charge on any atom is -0.465 e. The zero-order valence-corrected chi connectivity index (χ0v) is 11.2. The maximum absolute atomic E-state index is 13.2. The fourth-order valence-electron chi connectivity index (χ4n) is 1.79. The van der Waals surface area contributed by atoms with E-state index in [4.69, 9.17) is 5.73 Å². The summed E-state index contributed by atoms with van der Waals surface area (Å²) in [7, 11) is 1.31. The van der Waals surface area contributed by atoms with Crippen LogP contribution in [0.2, 0.25) is 0 Å². The maximum atomic E-state index is 13.2. The molecule has 3 N–H and O–H groups in total. The summed E-state index contributed by atoms with van der Waals surface area (Å²) in [5, 5.41) is 3.06. The average Bonchev–Trinajstić information content (AvgIpc) is 2.44. The number of nitrogens with one attached hydrogen (secondary N) is 1. The molecule has 5 heteroatoms. The highest BCUT2D eigenvalue weighted by Gasteiger charge is 2.09. The van der Waals surface area contributed by atoms with Gasteiger partial charge in [0.2, 0.25) is 0 Å². The van der Waals surface area contributed by atoms with E-state index in [0.29, 0.717) is 28.2 Å². The van der Waals surface area contributed by atoms with E-state index in [-0.39, 0.29) is 5.82 Å². The second kappa shape index (κ2) is 5.61. The van der Waals surface area contributed by atoms with Crippen LogP contribution in [0.3, 0.4) is 0 Å². The molecule has 0 radical (unpaired) electrons. The van der Waals surface area contributed by atoms with E-state index < -0.39 is 5.97 Å². The Hall–Kier alpha value is -2.56. The molecule has 0 saturated carbocycles. The predicted molar refractivity (Wildman–Crippen MR) is 76.6 cm³/mol. The summed E-state index contributed by atoms with van der Waals surface area (Å²) in [5.74, 6) is -0.713. The number of benzene rings is 2. The molecule has 2 aromatic carbocycles. The van der Waals surface area contributed by atoms with Gasteiger partial charge in [0.05, 0.1) is 24.0 Å². The van der Waals surface area contributed by atoms with Crippen molar-refractivity contribution < 1.29 is 13.9 Å². The number of esters is 1. The van der Waals surface area contributed by atoms with Crippen LogP contribution in [0.5, 0.6) is 0 Å². The number of nitrogens with two attached hydrogens (primary N) is 1. The highest BCUT2D eigenvalue weighted by molar-refractivity contribution is 5.92. The number of hydrogen-bond acceptors (Lipinski definition) is 4. The molecule has 0 aromatic heterocycles. The van der Waals surface area contributed by atoms with E-state index in [2.05, 4.69) is 10.1 Å². The first-order valence-electron chi connectivity index (χ1n) is 6.02. The summed E-state index contributed by atoms with van der Waals surface area (Å²) in [6.45, 7) is 1.68. The number of anilines is 3. The van der Waals surface area contributed by atoms with Crippen molar-refractivity contribution in [3.05, 3.63) is 53.3 Å². The van der Waals surface area contributed by atoms with Crippen LogP contribution < -0.4 is 11.1 Å². The third kappa shape index (κ3) is 2.88. The number of carbonyl (C=O) groups is 1. The maximum Gasteiger partial charge on any atom is 0.337 e. The van der Waals surface area contributed by atoms with Gasteiger partial charge in [0.1, 0.15) is 5.82 Å². The Bertz CT molecular complexity index is 656. The number of nitrogen functional groups attached to an aromatic ring is 1. The van der Waals surface area contributed by atoms with Crippen LogP contribution >= 0.6 is 0 Å². The molecule has 0 amide bonds. The van der Waals surface area contributed by atoms with Gasteiger partial charge in [0, 0.05) is 5.69 Å². The van der Waals surface area contributed by atoms with Gasteiger partial charge in [-0.15, -0.1) is 0 Å². The minimum absolute atomic E-state index is 0.271. The van der Waals surface area contributed by atoms with Crippen LogP contribution in [0.15, 0.2) is 36.4 Å². The summed E-state index contributed by atoms with van der Waals surface area (Å²) in [6, 6.07) is 9.44. The highest BCUT2D eigenvalue weighted by Crippen LogP contribution is 2.25. The first-order valence-corrected chi connectivity index (χ1v) is 6.02. The van der Waals surface area contributed by atoms with Crippen molar-refractivity contribution in [1.29, 1.82) is 0 Å². The second-order valence-corrected chi connectivity index (χ2v) is 4.38. The van der Waals surface area contributed by atoms with Gasteiger partial charge in [0.25, 0.3) is 0 Å². The molecule has 0 spiro atoms. The Morgan fingerprint density at radius 3 is 2.65 bits per heavy atom. The van der Waals surface area contributed by atoms with Crippen molar-refractivity contribution in [3.8, 4) is 0 Å². The Kier molecular flexibility index (Phi) is 3.89. The van der Waals surface area contributed by atoms with Crippen molar-refractivity contribution in [2.24, 2.45) is 0 Å². The molecule has 104 valence electrons. The van der Waals surface area contributed by atoms with Gasteiger partial charge in [-0.2, -0.15) is 0 Å². The lowest BCUT2D eigenvalue weighted by Crippen LogP contribution is -2.04. The van der Waals surface area contributed by atoms with Crippen LogP contribution in [0.4, 0.5) is 21.5 Å². The summed E-state index contributed by atoms with van der Waals surface area (Å²) in [6.07, 6.45) is 0. The fourth-order valence-corrected chi connectivity index (χ4v) is 1.79. The molecule has 2 aromatic rings. The van der Waals surface area contributed by atoms with Crippen LogP contribution in [-0.2, 0) is 4.74 Å². The molecule has 2 rings (SSSR count). The molecule has 0 aliphatic carbocycles. The molecule has 0 atom stereocenters. The summed E-state index contributed by atoms with van der Waals surface area (Å²) < 4.78 is 17.9. The van der Waals surface area contributed by atoms with Crippen LogP contribution in [-0.4, -0.2) is 13.1 Å². The standard InChI is InChI=1S/C15H15FN2O2/c1-9-7-11(4-5-12(9)16)18-14-8-10(15(19)20-2)3-6-13(14)17/h3-8,18H,17H2,1-2H3. The first kappa shape index (κ1) is 13.9. The molecular weight excluding hydrogens is 259 g/mol. The lowest BCUT2D eigenvalue weighted by molar-refractivity contribution is 0.0601. The van der Waals surface area contributed by atoms with Gasteiger partial charge in [-0.1, -0.05) is 0 Å². The van der Waals surface area contributed by atoms with Crippen molar-refractivity contribution >= 4 is 23.0 Å². The Morgan fingerprint density at radius 1 is 1.25 bits per heavy atom. The Labute approximate surface area is 116 Å². The van der Waals surface area contributed by atoms with E-state index in [1.54, 1.807) is 37.3 Å². The predicted octanol–water partition coefficient (Wildman–Crippen LogP) is 3.25. The van der Waals surface area contributed by atoms with E-state index >= 15 is 0 Å². The van der Waals surface area contributed by atoms with Crippen LogP contribution in [0.25, 0.3) is 0 Å². The Morgan fingerprint density at radius 2 is 2.00 bits per heavy atom. The Balaban J connectivity index is 2.32. The lowest BCUT2D eigenvalue weighted by atomic mass is 10.1. The zero-order valence-electron chi connectivity index (χ0n) is 11.2. The number of methoxy groups -OCH3 is 1. The molecule has 0 aliphatic rings. The molecule has 0 bridgehead atoms. The van der Waals surface area contributed by atoms with Crippen molar-refractivity contribution in [3.63, 3.8) is 0 Å². The van der Waals surface area contributed by atoms with E-state index in [1.807, 2.05) is 0 Å². The molecule has 20 heavy (non-hydrogen) atoms. The van der Waals surface area contributed by atoms with E-state index in [1.165, 1.54) is 13.2 Å². The molecule has 4 nitrogen and oxygen atoms in total. The molecule has 0 fully saturated rings. The fraction of sp³-hybridized carbons (Fsp3) is 0.133. The zero-order chi connectivity index (χ0) is 14.7. The first-order chi connectivity index (χ1) is 9.51. The van der Waals surface area contributed by atoms with Gasteiger partial charge >= 0.3 is 5.97 Å². The number of aryl methyl sites for hydroxylation is 1. The van der Waals surface area contributed by atoms with Crippen LogP contribution in [0.1, 0.15) is 15.9 Å². The quantitative estimate of drug-likeness (QED) is 0.666. The number of ether oxygens (including phenoxy) is 1. The van der Waals surface area contributed by atoms with Gasteiger partial charge in [-0.05, 0) is 48.9 Å². The number of hydrogen-bond donors (Lipinski definition) is 2. The third-order valence-electron chi connectivity index (χ3n) is 2.91. The number of rotatable bonds is 3. The summed E-state index contributed by atoms with van der Waals surface area (Å²) >= 11 is 0. The van der Waals surface area contributed by atoms with E-state index in [9.17, 15) is 9.18 Å². The molecular formula is C15H15FN2O2. The lowest BCUT2D eigenvalue weighted by Gasteiger charge is -2.11. The molecule has 0 saturated heterocycles. The van der Waals surface area contributed by atoms with Gasteiger partial charge < -0.3 is 15.8 Å². The molecule has 0 aliphatic heterocycles. The summed E-state index contributed by atoms with van der Waals surface area (Å²) in [4.78, 5) is 11.5. The normalized spacial score (nSPS) is 10.2.